The number of ether oxygens (including phenoxy) is 1. The summed E-state index contributed by atoms with van der Waals surface area (Å²) in [4.78, 5) is 10.0. The van der Waals surface area contributed by atoms with Crippen LogP contribution in [0.15, 0.2) is 24.3 Å². The Morgan fingerprint density at radius 1 is 1.12 bits per heavy atom. The van der Waals surface area contributed by atoms with Crippen LogP contribution in [0.4, 0.5) is 5.69 Å². The molecule has 0 radical (unpaired) electrons. The molecular formula is C13H19NO3. The van der Waals surface area contributed by atoms with E-state index in [0.717, 1.165) is 6.42 Å². The van der Waals surface area contributed by atoms with Crippen molar-refractivity contribution in [1.29, 1.82) is 0 Å². The van der Waals surface area contributed by atoms with Crippen LogP contribution >= 0.6 is 0 Å². The summed E-state index contributed by atoms with van der Waals surface area (Å²) in [6, 6.07) is 6.22. The van der Waals surface area contributed by atoms with Gasteiger partial charge in [0.2, 0.25) is 0 Å². The lowest BCUT2D eigenvalue weighted by Crippen LogP contribution is -1.97. The molecule has 1 rings (SSSR count). The average Bonchev–Trinajstić information content (AvgIpc) is 2.34. The van der Waals surface area contributed by atoms with Crippen LogP contribution in [0.5, 0.6) is 5.75 Å². The highest BCUT2D eigenvalue weighted by molar-refractivity contribution is 5.35. The first kappa shape index (κ1) is 13.5. The molecule has 4 heteroatoms. The second-order valence-corrected chi connectivity index (χ2v) is 4.01. The minimum Gasteiger partial charge on any atom is -0.494 e. The maximum atomic E-state index is 10.4. The highest BCUT2D eigenvalue weighted by Gasteiger charge is 2.03. The van der Waals surface area contributed by atoms with E-state index in [2.05, 4.69) is 6.92 Å². The molecule has 17 heavy (non-hydrogen) atoms. The van der Waals surface area contributed by atoms with Crippen LogP contribution in [0.1, 0.15) is 39.0 Å². The minimum atomic E-state index is -0.408. The second-order valence-electron chi connectivity index (χ2n) is 4.01. The van der Waals surface area contributed by atoms with E-state index in [9.17, 15) is 10.1 Å². The summed E-state index contributed by atoms with van der Waals surface area (Å²) in [5.74, 6) is 0.700. The number of nitrogens with zero attached hydrogens (tertiary/aromatic N) is 1. The molecule has 0 saturated heterocycles. The Hall–Kier alpha value is -1.58. The number of nitro groups is 1. The third-order valence-corrected chi connectivity index (χ3v) is 2.56. The predicted molar refractivity (Wildman–Crippen MR) is 67.4 cm³/mol. The predicted octanol–water partition coefficient (Wildman–Crippen LogP) is 3.94. The molecule has 0 amide bonds. The molecule has 0 heterocycles. The molecule has 1 aromatic rings. The van der Waals surface area contributed by atoms with Gasteiger partial charge in [-0.15, -0.1) is 0 Å². The maximum absolute atomic E-state index is 10.4. The van der Waals surface area contributed by atoms with Crippen molar-refractivity contribution in [2.24, 2.45) is 0 Å². The molecule has 4 nitrogen and oxygen atoms in total. The smallest absolute Gasteiger partial charge is 0.269 e. The van der Waals surface area contributed by atoms with Gasteiger partial charge in [-0.2, -0.15) is 0 Å². The van der Waals surface area contributed by atoms with Gasteiger partial charge in [0, 0.05) is 12.1 Å². The zero-order chi connectivity index (χ0) is 12.5. The van der Waals surface area contributed by atoms with Crippen molar-refractivity contribution in [1.82, 2.24) is 0 Å². The van der Waals surface area contributed by atoms with E-state index in [1.54, 1.807) is 12.1 Å². The van der Waals surface area contributed by atoms with E-state index in [4.69, 9.17) is 4.74 Å². The Labute approximate surface area is 102 Å². The summed E-state index contributed by atoms with van der Waals surface area (Å²) in [6.45, 7) is 2.87. The lowest BCUT2D eigenvalue weighted by Gasteiger charge is -2.05. The molecule has 0 spiro atoms. The standard InChI is InChI=1S/C13H19NO3/c1-2-3-4-5-6-11-17-13-9-7-12(8-10-13)14(15)16/h7-10H,2-6,11H2,1H3. The third-order valence-electron chi connectivity index (χ3n) is 2.56. The van der Waals surface area contributed by atoms with Gasteiger partial charge < -0.3 is 4.74 Å². The maximum Gasteiger partial charge on any atom is 0.269 e. The molecule has 94 valence electrons. The van der Waals surface area contributed by atoms with Crippen LogP contribution in [-0.2, 0) is 0 Å². The number of nitro benzene ring substituents is 1. The lowest BCUT2D eigenvalue weighted by atomic mass is 10.2. The molecule has 0 fully saturated rings. The average molecular weight is 237 g/mol. The molecule has 0 aliphatic heterocycles. The molecular weight excluding hydrogens is 218 g/mol. The molecule has 1 aromatic carbocycles. The molecule has 0 N–H and O–H groups in total. The zero-order valence-corrected chi connectivity index (χ0v) is 10.2. The van der Waals surface area contributed by atoms with Crippen molar-refractivity contribution >= 4 is 5.69 Å². The topological polar surface area (TPSA) is 52.4 Å². The van der Waals surface area contributed by atoms with Crippen LogP contribution in [0.3, 0.4) is 0 Å². The number of non-ortho nitro benzene ring substituents is 1. The van der Waals surface area contributed by atoms with Gasteiger partial charge in [0.15, 0.2) is 0 Å². The molecule has 0 saturated carbocycles. The number of unbranched alkanes of at least 4 members (excludes halogenated alkanes) is 4. The number of hydrogen-bond acceptors (Lipinski definition) is 3. The van der Waals surface area contributed by atoms with Gasteiger partial charge in [-0.05, 0) is 18.6 Å². The van der Waals surface area contributed by atoms with Crippen LogP contribution in [-0.4, -0.2) is 11.5 Å². The summed E-state index contributed by atoms with van der Waals surface area (Å²) >= 11 is 0. The summed E-state index contributed by atoms with van der Waals surface area (Å²) < 4.78 is 5.50. The summed E-state index contributed by atoms with van der Waals surface area (Å²) in [6.07, 6.45) is 5.98. The fraction of sp³-hybridized carbons (Fsp3) is 0.538. The minimum absolute atomic E-state index is 0.0975. The Balaban J connectivity index is 2.21. The zero-order valence-electron chi connectivity index (χ0n) is 10.2. The molecule has 0 unspecified atom stereocenters. The Morgan fingerprint density at radius 2 is 1.76 bits per heavy atom. The van der Waals surface area contributed by atoms with Crippen molar-refractivity contribution in [2.45, 2.75) is 39.0 Å². The third kappa shape index (κ3) is 5.33. The van der Waals surface area contributed by atoms with Crippen molar-refractivity contribution < 1.29 is 9.66 Å². The molecule has 0 aliphatic rings. The summed E-state index contributed by atoms with van der Waals surface area (Å²) in [5.41, 5.74) is 0.0975. The Morgan fingerprint density at radius 3 is 2.35 bits per heavy atom. The second kappa shape index (κ2) is 7.65. The van der Waals surface area contributed by atoms with Gasteiger partial charge in [-0.1, -0.05) is 32.6 Å². The Kier molecular flexibility index (Phi) is 6.07. The van der Waals surface area contributed by atoms with E-state index in [1.807, 2.05) is 0 Å². The molecule has 0 aliphatic carbocycles. The van der Waals surface area contributed by atoms with E-state index in [0.29, 0.717) is 12.4 Å². The van der Waals surface area contributed by atoms with Gasteiger partial charge in [0.25, 0.3) is 5.69 Å². The number of benzene rings is 1. The van der Waals surface area contributed by atoms with Crippen molar-refractivity contribution in [3.8, 4) is 5.75 Å². The van der Waals surface area contributed by atoms with Crippen molar-refractivity contribution in [3.05, 3.63) is 34.4 Å². The fourth-order valence-corrected chi connectivity index (χ4v) is 1.56. The normalized spacial score (nSPS) is 10.2. The highest BCUT2D eigenvalue weighted by Crippen LogP contribution is 2.17. The van der Waals surface area contributed by atoms with Crippen LogP contribution in [0.25, 0.3) is 0 Å². The first-order chi connectivity index (χ1) is 8.24. The van der Waals surface area contributed by atoms with E-state index in [1.165, 1.54) is 37.8 Å². The number of rotatable bonds is 8. The quantitative estimate of drug-likeness (QED) is 0.391. The first-order valence-electron chi connectivity index (χ1n) is 6.11. The van der Waals surface area contributed by atoms with Crippen LogP contribution < -0.4 is 4.74 Å². The van der Waals surface area contributed by atoms with Crippen molar-refractivity contribution in [2.75, 3.05) is 6.61 Å². The van der Waals surface area contributed by atoms with Crippen molar-refractivity contribution in [3.63, 3.8) is 0 Å². The molecule has 0 bridgehead atoms. The van der Waals surface area contributed by atoms with Crippen LogP contribution in [0, 0.1) is 10.1 Å². The Bertz CT molecular complexity index is 335. The van der Waals surface area contributed by atoms with E-state index < -0.39 is 4.92 Å². The van der Waals surface area contributed by atoms with Crippen LogP contribution in [0.2, 0.25) is 0 Å². The summed E-state index contributed by atoms with van der Waals surface area (Å²) in [5, 5.41) is 10.4. The number of hydrogen-bond donors (Lipinski definition) is 0. The first-order valence-corrected chi connectivity index (χ1v) is 6.11. The monoisotopic (exact) mass is 237 g/mol. The van der Waals surface area contributed by atoms with Gasteiger partial charge in [0.1, 0.15) is 5.75 Å². The van der Waals surface area contributed by atoms with Gasteiger partial charge in [-0.3, -0.25) is 10.1 Å². The fourth-order valence-electron chi connectivity index (χ4n) is 1.56. The van der Waals surface area contributed by atoms with E-state index >= 15 is 0 Å². The van der Waals surface area contributed by atoms with Gasteiger partial charge >= 0.3 is 0 Å². The molecule has 0 atom stereocenters. The van der Waals surface area contributed by atoms with E-state index in [-0.39, 0.29) is 5.69 Å². The largest absolute Gasteiger partial charge is 0.494 e. The summed E-state index contributed by atoms with van der Waals surface area (Å²) in [7, 11) is 0. The lowest BCUT2D eigenvalue weighted by molar-refractivity contribution is -0.384. The molecule has 0 aromatic heterocycles. The van der Waals surface area contributed by atoms with Gasteiger partial charge in [0.05, 0.1) is 11.5 Å². The SMILES string of the molecule is CCCCCCCOc1ccc([N+](=O)[O-])cc1. The highest BCUT2D eigenvalue weighted by atomic mass is 16.6. The van der Waals surface area contributed by atoms with Gasteiger partial charge in [-0.25, -0.2) is 0 Å².